The van der Waals surface area contributed by atoms with Crippen molar-refractivity contribution in [1.29, 1.82) is 5.26 Å². The monoisotopic (exact) mass is 274 g/mol. The maximum atomic E-state index is 10.9. The summed E-state index contributed by atoms with van der Waals surface area (Å²) in [6, 6.07) is 7.60. The molecular weight excluding hydrogens is 252 g/mol. The van der Waals surface area contributed by atoms with E-state index in [0.29, 0.717) is 24.4 Å². The van der Waals surface area contributed by atoms with E-state index in [9.17, 15) is 4.79 Å². The smallest absolute Gasteiger partial charge is 0.150 e. The first-order valence-electron chi connectivity index (χ1n) is 6.82. The fourth-order valence-corrected chi connectivity index (χ4v) is 2.20. The predicted octanol–water partition coefficient (Wildman–Crippen LogP) is 2.88. The van der Waals surface area contributed by atoms with Crippen molar-refractivity contribution < 1.29 is 9.53 Å². The zero-order valence-electron chi connectivity index (χ0n) is 12.4. The van der Waals surface area contributed by atoms with E-state index < -0.39 is 0 Å². The van der Waals surface area contributed by atoms with Crippen molar-refractivity contribution in [2.24, 2.45) is 5.92 Å². The first kappa shape index (κ1) is 16.2. The van der Waals surface area contributed by atoms with Crippen molar-refractivity contribution in [2.45, 2.75) is 26.8 Å². The SMILES string of the molecule is COc1ccc(C=O)cc1CN(CCC#N)CC(C)C. The largest absolute Gasteiger partial charge is 0.496 e. The second kappa shape index (κ2) is 8.34. The van der Waals surface area contributed by atoms with Crippen LogP contribution in [-0.2, 0) is 6.54 Å². The molecule has 0 fully saturated rings. The Bertz CT molecular complexity index is 478. The molecule has 20 heavy (non-hydrogen) atoms. The Morgan fingerprint density at radius 1 is 1.45 bits per heavy atom. The molecule has 1 aromatic carbocycles. The van der Waals surface area contributed by atoms with Gasteiger partial charge in [-0.15, -0.1) is 0 Å². The molecule has 0 radical (unpaired) electrons. The molecule has 0 aliphatic rings. The van der Waals surface area contributed by atoms with Crippen molar-refractivity contribution in [3.8, 4) is 11.8 Å². The lowest BCUT2D eigenvalue weighted by molar-refractivity contribution is 0.112. The summed E-state index contributed by atoms with van der Waals surface area (Å²) in [6.45, 7) is 6.63. The zero-order chi connectivity index (χ0) is 15.0. The van der Waals surface area contributed by atoms with E-state index in [1.165, 1.54) is 0 Å². The average Bonchev–Trinajstić information content (AvgIpc) is 2.44. The van der Waals surface area contributed by atoms with Crippen LogP contribution in [0.5, 0.6) is 5.75 Å². The van der Waals surface area contributed by atoms with Gasteiger partial charge in [0.25, 0.3) is 0 Å². The van der Waals surface area contributed by atoms with Crippen LogP contribution in [0.4, 0.5) is 0 Å². The number of hydrogen-bond donors (Lipinski definition) is 0. The Kier molecular flexibility index (Phi) is 6.75. The van der Waals surface area contributed by atoms with Crippen LogP contribution in [0.1, 0.15) is 36.2 Å². The summed E-state index contributed by atoms with van der Waals surface area (Å²) in [6.07, 6.45) is 1.34. The molecule has 0 aliphatic carbocycles. The number of nitriles is 1. The molecule has 1 aromatic rings. The van der Waals surface area contributed by atoms with Gasteiger partial charge >= 0.3 is 0 Å². The number of nitrogens with zero attached hydrogens (tertiary/aromatic N) is 2. The minimum atomic E-state index is 0.502. The number of carbonyl (C=O) groups excluding carboxylic acids is 1. The third-order valence-corrected chi connectivity index (χ3v) is 3.00. The van der Waals surface area contributed by atoms with E-state index in [2.05, 4.69) is 24.8 Å². The molecule has 108 valence electrons. The van der Waals surface area contributed by atoms with Gasteiger partial charge in [-0.25, -0.2) is 0 Å². The van der Waals surface area contributed by atoms with Gasteiger partial charge in [-0.2, -0.15) is 5.26 Å². The van der Waals surface area contributed by atoms with Gasteiger partial charge in [-0.1, -0.05) is 13.8 Å². The Balaban J connectivity index is 2.90. The highest BCUT2D eigenvalue weighted by Gasteiger charge is 2.12. The summed E-state index contributed by atoms with van der Waals surface area (Å²) >= 11 is 0. The fraction of sp³-hybridized carbons (Fsp3) is 0.500. The molecule has 4 nitrogen and oxygen atoms in total. The summed E-state index contributed by atoms with van der Waals surface area (Å²) < 4.78 is 5.35. The molecule has 0 amide bonds. The minimum Gasteiger partial charge on any atom is -0.496 e. The molecule has 0 aliphatic heterocycles. The Morgan fingerprint density at radius 3 is 2.75 bits per heavy atom. The third kappa shape index (κ3) is 5.02. The maximum absolute atomic E-state index is 10.9. The molecular formula is C16H22N2O2. The van der Waals surface area contributed by atoms with Crippen molar-refractivity contribution in [3.63, 3.8) is 0 Å². The molecule has 1 rings (SSSR count). The number of ether oxygens (including phenoxy) is 1. The topological polar surface area (TPSA) is 53.3 Å². The van der Waals surface area contributed by atoms with Crippen LogP contribution in [0.3, 0.4) is 0 Å². The quantitative estimate of drug-likeness (QED) is 0.684. The normalized spacial score (nSPS) is 10.6. The van der Waals surface area contributed by atoms with E-state index in [1.807, 2.05) is 12.1 Å². The first-order chi connectivity index (χ1) is 9.60. The standard InChI is InChI=1S/C16H22N2O2/c1-13(2)10-18(8-4-7-17)11-15-9-14(12-19)5-6-16(15)20-3/h5-6,9,12-13H,4,8,10-11H2,1-3H3. The molecule has 0 saturated carbocycles. The van der Waals surface area contributed by atoms with Gasteiger partial charge in [-0.3, -0.25) is 9.69 Å². The second-order valence-corrected chi connectivity index (χ2v) is 5.23. The molecule has 4 heteroatoms. The highest BCUT2D eigenvalue weighted by molar-refractivity contribution is 5.75. The molecule has 0 atom stereocenters. The van der Waals surface area contributed by atoms with Gasteiger partial charge in [0.1, 0.15) is 12.0 Å². The first-order valence-corrected chi connectivity index (χ1v) is 6.82. The Morgan fingerprint density at radius 2 is 2.20 bits per heavy atom. The van der Waals surface area contributed by atoms with Gasteiger partial charge in [-0.05, 0) is 24.1 Å². The summed E-state index contributed by atoms with van der Waals surface area (Å²) in [5.41, 5.74) is 1.63. The average molecular weight is 274 g/mol. The van der Waals surface area contributed by atoms with Crippen LogP contribution in [0.2, 0.25) is 0 Å². The van der Waals surface area contributed by atoms with Gasteiger partial charge in [0.15, 0.2) is 0 Å². The van der Waals surface area contributed by atoms with Crippen LogP contribution in [0, 0.1) is 17.2 Å². The summed E-state index contributed by atoms with van der Waals surface area (Å²) in [5.74, 6) is 1.30. The number of aldehydes is 1. The molecule has 0 unspecified atom stereocenters. The minimum absolute atomic E-state index is 0.502. The number of methoxy groups -OCH3 is 1. The van der Waals surface area contributed by atoms with Gasteiger partial charge in [0.05, 0.1) is 13.2 Å². The van der Waals surface area contributed by atoms with Crippen LogP contribution >= 0.6 is 0 Å². The highest BCUT2D eigenvalue weighted by Crippen LogP contribution is 2.21. The lowest BCUT2D eigenvalue weighted by Crippen LogP contribution is -2.28. The van der Waals surface area contributed by atoms with Crippen LogP contribution < -0.4 is 4.74 Å². The third-order valence-electron chi connectivity index (χ3n) is 3.00. The predicted molar refractivity (Wildman–Crippen MR) is 78.7 cm³/mol. The second-order valence-electron chi connectivity index (χ2n) is 5.23. The molecule has 0 N–H and O–H groups in total. The van der Waals surface area contributed by atoms with E-state index >= 15 is 0 Å². The van der Waals surface area contributed by atoms with Crippen LogP contribution in [-0.4, -0.2) is 31.4 Å². The van der Waals surface area contributed by atoms with Gasteiger partial charge < -0.3 is 4.74 Å². The zero-order valence-corrected chi connectivity index (χ0v) is 12.4. The maximum Gasteiger partial charge on any atom is 0.150 e. The number of benzene rings is 1. The summed E-state index contributed by atoms with van der Waals surface area (Å²) in [5, 5.41) is 8.75. The van der Waals surface area contributed by atoms with E-state index in [4.69, 9.17) is 10.00 Å². The van der Waals surface area contributed by atoms with Crippen LogP contribution in [0.15, 0.2) is 18.2 Å². The summed E-state index contributed by atoms with van der Waals surface area (Å²) in [4.78, 5) is 13.1. The van der Waals surface area contributed by atoms with Gasteiger partial charge in [0, 0.05) is 37.2 Å². The van der Waals surface area contributed by atoms with Crippen molar-refractivity contribution >= 4 is 6.29 Å². The van der Waals surface area contributed by atoms with E-state index in [1.54, 1.807) is 13.2 Å². The van der Waals surface area contributed by atoms with Gasteiger partial charge in [0.2, 0.25) is 0 Å². The van der Waals surface area contributed by atoms with Crippen molar-refractivity contribution in [3.05, 3.63) is 29.3 Å². The number of hydrogen-bond acceptors (Lipinski definition) is 4. The number of rotatable bonds is 8. The van der Waals surface area contributed by atoms with Crippen molar-refractivity contribution in [2.75, 3.05) is 20.2 Å². The molecule has 0 spiro atoms. The Hall–Kier alpha value is -1.86. The molecule has 0 heterocycles. The van der Waals surface area contributed by atoms with E-state index in [-0.39, 0.29) is 0 Å². The summed E-state index contributed by atoms with van der Waals surface area (Å²) in [7, 11) is 1.63. The molecule has 0 bridgehead atoms. The molecule has 0 saturated heterocycles. The lowest BCUT2D eigenvalue weighted by Gasteiger charge is -2.24. The number of carbonyl (C=O) groups is 1. The highest BCUT2D eigenvalue weighted by atomic mass is 16.5. The lowest BCUT2D eigenvalue weighted by atomic mass is 10.1. The van der Waals surface area contributed by atoms with Crippen LogP contribution in [0.25, 0.3) is 0 Å². The van der Waals surface area contributed by atoms with E-state index in [0.717, 1.165) is 30.7 Å². The molecule has 0 aromatic heterocycles. The fourth-order valence-electron chi connectivity index (χ4n) is 2.20. The van der Waals surface area contributed by atoms with Crippen molar-refractivity contribution in [1.82, 2.24) is 4.90 Å². The Labute approximate surface area is 121 Å².